The highest BCUT2D eigenvalue weighted by Gasteiger charge is 2.12. The Labute approximate surface area is 78.2 Å². The van der Waals surface area contributed by atoms with E-state index < -0.39 is 5.97 Å². The monoisotopic (exact) mass is 177 g/mol. The zero-order valence-corrected chi connectivity index (χ0v) is 8.13. The Morgan fingerprint density at radius 3 is 1.92 bits per heavy atom. The van der Waals surface area contributed by atoms with E-state index in [2.05, 4.69) is 20.8 Å². The SMILES string of the molecule is CC(C)(C)c1ccc(C(=O)[O-])cc1. The highest BCUT2D eigenvalue weighted by molar-refractivity contribution is 5.85. The topological polar surface area (TPSA) is 40.1 Å². The first-order valence-corrected chi connectivity index (χ1v) is 4.23. The van der Waals surface area contributed by atoms with Gasteiger partial charge in [-0.15, -0.1) is 0 Å². The zero-order valence-electron chi connectivity index (χ0n) is 8.13. The minimum Gasteiger partial charge on any atom is -0.545 e. The van der Waals surface area contributed by atoms with Gasteiger partial charge in [0, 0.05) is 0 Å². The zero-order chi connectivity index (χ0) is 10.1. The van der Waals surface area contributed by atoms with E-state index in [-0.39, 0.29) is 11.0 Å². The summed E-state index contributed by atoms with van der Waals surface area (Å²) < 4.78 is 0. The Kier molecular flexibility index (Phi) is 2.41. The normalized spacial score (nSPS) is 11.3. The first-order valence-electron chi connectivity index (χ1n) is 4.23. The van der Waals surface area contributed by atoms with Crippen LogP contribution in [0.25, 0.3) is 0 Å². The lowest BCUT2D eigenvalue weighted by atomic mass is 9.87. The molecule has 1 rings (SSSR count). The van der Waals surface area contributed by atoms with Crippen molar-refractivity contribution in [2.24, 2.45) is 0 Å². The molecule has 0 bridgehead atoms. The summed E-state index contributed by atoms with van der Waals surface area (Å²) in [6.45, 7) is 6.25. The largest absolute Gasteiger partial charge is 0.545 e. The Morgan fingerprint density at radius 2 is 1.62 bits per heavy atom. The number of aromatic carboxylic acids is 1. The highest BCUT2D eigenvalue weighted by Crippen LogP contribution is 2.21. The van der Waals surface area contributed by atoms with Crippen molar-refractivity contribution in [3.8, 4) is 0 Å². The van der Waals surface area contributed by atoms with Crippen molar-refractivity contribution in [1.82, 2.24) is 0 Å². The van der Waals surface area contributed by atoms with E-state index in [4.69, 9.17) is 0 Å². The lowest BCUT2D eigenvalue weighted by Crippen LogP contribution is -2.22. The minimum absolute atomic E-state index is 0.0600. The molecule has 0 fully saturated rings. The summed E-state index contributed by atoms with van der Waals surface area (Å²) in [5.41, 5.74) is 1.41. The van der Waals surface area contributed by atoms with Gasteiger partial charge in [-0.25, -0.2) is 0 Å². The fourth-order valence-electron chi connectivity index (χ4n) is 1.11. The molecule has 2 heteroatoms. The predicted octanol–water partition coefficient (Wildman–Crippen LogP) is 1.35. The predicted molar refractivity (Wildman–Crippen MR) is 49.5 cm³/mol. The Morgan fingerprint density at radius 1 is 1.15 bits per heavy atom. The van der Waals surface area contributed by atoms with Crippen LogP contribution in [0.3, 0.4) is 0 Å². The van der Waals surface area contributed by atoms with Crippen molar-refractivity contribution in [2.45, 2.75) is 26.2 Å². The number of rotatable bonds is 1. The van der Waals surface area contributed by atoms with E-state index >= 15 is 0 Å². The van der Waals surface area contributed by atoms with Gasteiger partial charge in [-0.05, 0) is 16.5 Å². The quantitative estimate of drug-likeness (QED) is 0.649. The van der Waals surface area contributed by atoms with Crippen molar-refractivity contribution in [3.05, 3.63) is 35.4 Å². The van der Waals surface area contributed by atoms with Gasteiger partial charge in [0.15, 0.2) is 0 Å². The van der Waals surface area contributed by atoms with Crippen molar-refractivity contribution in [1.29, 1.82) is 0 Å². The lowest BCUT2D eigenvalue weighted by Gasteiger charge is -2.19. The van der Waals surface area contributed by atoms with Gasteiger partial charge in [-0.1, -0.05) is 45.0 Å². The van der Waals surface area contributed by atoms with Crippen LogP contribution in [0.2, 0.25) is 0 Å². The summed E-state index contributed by atoms with van der Waals surface area (Å²) in [4.78, 5) is 10.5. The van der Waals surface area contributed by atoms with Crippen molar-refractivity contribution in [3.63, 3.8) is 0 Å². The lowest BCUT2D eigenvalue weighted by molar-refractivity contribution is -0.255. The van der Waals surface area contributed by atoms with Gasteiger partial charge in [0.25, 0.3) is 0 Å². The summed E-state index contributed by atoms with van der Waals surface area (Å²) in [6, 6.07) is 6.81. The summed E-state index contributed by atoms with van der Waals surface area (Å²) in [5.74, 6) is -1.12. The summed E-state index contributed by atoms with van der Waals surface area (Å²) >= 11 is 0. The molecule has 0 aliphatic rings. The van der Waals surface area contributed by atoms with E-state index in [0.717, 1.165) is 5.56 Å². The number of carboxylic acid groups (broad SMARTS) is 1. The molecule has 0 saturated carbocycles. The third kappa shape index (κ3) is 2.31. The van der Waals surface area contributed by atoms with Gasteiger partial charge >= 0.3 is 0 Å². The molecular formula is C11H13O2-. The van der Waals surface area contributed by atoms with Gasteiger partial charge in [0.1, 0.15) is 0 Å². The third-order valence-electron chi connectivity index (χ3n) is 1.99. The number of benzene rings is 1. The Bertz CT molecular complexity index is 304. The van der Waals surface area contributed by atoms with Crippen LogP contribution in [0.1, 0.15) is 36.7 Å². The maximum atomic E-state index is 10.5. The summed E-state index contributed by atoms with van der Waals surface area (Å²) in [5, 5.41) is 10.5. The van der Waals surface area contributed by atoms with Crippen LogP contribution in [0.15, 0.2) is 24.3 Å². The van der Waals surface area contributed by atoms with Crippen molar-refractivity contribution in [2.75, 3.05) is 0 Å². The molecule has 0 aliphatic heterocycles. The molecular weight excluding hydrogens is 164 g/mol. The number of carbonyl (C=O) groups excluding carboxylic acids is 1. The molecule has 13 heavy (non-hydrogen) atoms. The first kappa shape index (κ1) is 9.78. The van der Waals surface area contributed by atoms with Crippen LogP contribution < -0.4 is 5.11 Å². The average molecular weight is 177 g/mol. The average Bonchev–Trinajstić information content (AvgIpc) is 2.03. The number of carbonyl (C=O) groups is 1. The van der Waals surface area contributed by atoms with Crippen molar-refractivity contribution >= 4 is 5.97 Å². The number of hydrogen-bond acceptors (Lipinski definition) is 2. The minimum atomic E-state index is -1.12. The molecule has 0 aromatic heterocycles. The van der Waals surface area contributed by atoms with Gasteiger partial charge < -0.3 is 9.90 Å². The van der Waals surface area contributed by atoms with Gasteiger partial charge in [0.2, 0.25) is 0 Å². The molecule has 2 nitrogen and oxygen atoms in total. The Balaban J connectivity index is 3.01. The fraction of sp³-hybridized carbons (Fsp3) is 0.364. The first-order chi connectivity index (χ1) is 5.91. The standard InChI is InChI=1S/C11H14O2/c1-11(2,3)9-6-4-8(5-7-9)10(12)13/h4-7H,1-3H3,(H,12,13)/p-1. The van der Waals surface area contributed by atoms with Gasteiger partial charge in [-0.2, -0.15) is 0 Å². The van der Waals surface area contributed by atoms with E-state index in [1.54, 1.807) is 12.1 Å². The molecule has 0 aliphatic carbocycles. The number of hydrogen-bond donors (Lipinski definition) is 0. The molecule has 1 aromatic carbocycles. The van der Waals surface area contributed by atoms with Crippen LogP contribution in [0, 0.1) is 0 Å². The van der Waals surface area contributed by atoms with Crippen LogP contribution in [-0.4, -0.2) is 5.97 Å². The molecule has 70 valence electrons. The maximum Gasteiger partial charge on any atom is 0.0715 e. The second-order valence-corrected chi connectivity index (χ2v) is 4.11. The number of carboxylic acids is 1. The summed E-state index contributed by atoms with van der Waals surface area (Å²) in [6.07, 6.45) is 0. The van der Waals surface area contributed by atoms with E-state index in [1.165, 1.54) is 0 Å². The summed E-state index contributed by atoms with van der Waals surface area (Å²) in [7, 11) is 0. The van der Waals surface area contributed by atoms with Crippen LogP contribution in [0.5, 0.6) is 0 Å². The van der Waals surface area contributed by atoms with E-state index in [1.807, 2.05) is 12.1 Å². The van der Waals surface area contributed by atoms with Crippen LogP contribution in [0.4, 0.5) is 0 Å². The molecule has 0 N–H and O–H groups in total. The fourth-order valence-corrected chi connectivity index (χ4v) is 1.11. The van der Waals surface area contributed by atoms with Crippen molar-refractivity contribution < 1.29 is 9.90 Å². The molecule has 0 radical (unpaired) electrons. The van der Waals surface area contributed by atoms with Crippen LogP contribution in [-0.2, 0) is 5.41 Å². The molecule has 0 spiro atoms. The molecule has 0 atom stereocenters. The molecule has 1 aromatic rings. The third-order valence-corrected chi connectivity index (χ3v) is 1.99. The molecule has 0 amide bonds. The molecule has 0 heterocycles. The second kappa shape index (κ2) is 3.21. The smallest absolute Gasteiger partial charge is 0.0715 e. The van der Waals surface area contributed by atoms with E-state index in [9.17, 15) is 9.90 Å². The maximum absolute atomic E-state index is 10.5. The molecule has 0 saturated heterocycles. The van der Waals surface area contributed by atoms with Gasteiger partial charge in [-0.3, -0.25) is 0 Å². The van der Waals surface area contributed by atoms with Crippen LogP contribution >= 0.6 is 0 Å². The van der Waals surface area contributed by atoms with E-state index in [0.29, 0.717) is 0 Å². The molecule has 0 unspecified atom stereocenters. The second-order valence-electron chi connectivity index (χ2n) is 4.11. The van der Waals surface area contributed by atoms with Gasteiger partial charge in [0.05, 0.1) is 5.97 Å². The Hall–Kier alpha value is -1.31. The highest BCUT2D eigenvalue weighted by atomic mass is 16.4.